The van der Waals surface area contributed by atoms with Gasteiger partial charge in [-0.15, -0.1) is 0 Å². The maximum atomic E-state index is 12.4. The highest BCUT2D eigenvalue weighted by molar-refractivity contribution is 6.30. The molecule has 0 amide bonds. The normalized spacial score (nSPS) is 16.7. The summed E-state index contributed by atoms with van der Waals surface area (Å²) in [5, 5.41) is 0.663. The molecule has 6 heteroatoms. The maximum absolute atomic E-state index is 12.4. The van der Waals surface area contributed by atoms with Crippen molar-refractivity contribution in [2.45, 2.75) is 38.4 Å². The Kier molecular flexibility index (Phi) is 6.35. The molecular formula is C21H21ClO5. The van der Waals surface area contributed by atoms with Gasteiger partial charge in [0.1, 0.15) is 6.61 Å². The maximum Gasteiger partial charge on any atom is 0.338 e. The Morgan fingerprint density at radius 1 is 1.11 bits per heavy atom. The minimum Gasteiger partial charge on any atom is -0.493 e. The van der Waals surface area contributed by atoms with Crippen molar-refractivity contribution in [1.29, 1.82) is 0 Å². The number of halogens is 1. The van der Waals surface area contributed by atoms with E-state index in [9.17, 15) is 9.59 Å². The largest absolute Gasteiger partial charge is 0.493 e. The lowest BCUT2D eigenvalue weighted by Gasteiger charge is -2.21. The van der Waals surface area contributed by atoms with Crippen LogP contribution in [0.2, 0.25) is 5.02 Å². The van der Waals surface area contributed by atoms with Gasteiger partial charge in [-0.3, -0.25) is 4.79 Å². The van der Waals surface area contributed by atoms with Crippen molar-refractivity contribution in [3.63, 3.8) is 0 Å². The van der Waals surface area contributed by atoms with Gasteiger partial charge in [0.2, 0.25) is 0 Å². The second-order valence-electron chi connectivity index (χ2n) is 6.39. The average molecular weight is 389 g/mol. The predicted molar refractivity (Wildman–Crippen MR) is 101 cm³/mol. The fourth-order valence-corrected chi connectivity index (χ4v) is 3.05. The zero-order chi connectivity index (χ0) is 19.2. The number of benzene rings is 2. The van der Waals surface area contributed by atoms with Gasteiger partial charge in [-0.05, 0) is 55.2 Å². The van der Waals surface area contributed by atoms with Crippen molar-refractivity contribution in [3.8, 4) is 11.5 Å². The van der Waals surface area contributed by atoms with Gasteiger partial charge in [0, 0.05) is 11.4 Å². The van der Waals surface area contributed by atoms with E-state index < -0.39 is 12.1 Å². The standard InChI is InChI=1S/C21H21ClO5/c1-25-20-12-15(21(24)27-18-5-3-2-4-17(18)23)8-11-19(20)26-13-14-6-9-16(22)10-7-14/h6-12,18H,2-5,13H2,1H3/t18-/m0/s1. The number of hydrogen-bond acceptors (Lipinski definition) is 5. The molecule has 5 nitrogen and oxygen atoms in total. The van der Waals surface area contributed by atoms with Crippen molar-refractivity contribution in [3.05, 3.63) is 58.6 Å². The summed E-state index contributed by atoms with van der Waals surface area (Å²) in [7, 11) is 1.50. The van der Waals surface area contributed by atoms with Crippen molar-refractivity contribution >= 4 is 23.4 Å². The molecule has 2 aromatic rings. The molecule has 0 saturated heterocycles. The van der Waals surface area contributed by atoms with Crippen LogP contribution < -0.4 is 9.47 Å². The summed E-state index contributed by atoms with van der Waals surface area (Å²) in [6, 6.07) is 12.2. The molecule has 1 fully saturated rings. The Hall–Kier alpha value is -2.53. The summed E-state index contributed by atoms with van der Waals surface area (Å²) in [5.74, 6) is 0.397. The summed E-state index contributed by atoms with van der Waals surface area (Å²) < 4.78 is 16.5. The molecule has 3 rings (SSSR count). The number of hydrogen-bond donors (Lipinski definition) is 0. The molecule has 1 aliphatic rings. The fourth-order valence-electron chi connectivity index (χ4n) is 2.93. The third-order valence-corrected chi connectivity index (χ3v) is 4.71. The van der Waals surface area contributed by atoms with Crippen LogP contribution in [0.15, 0.2) is 42.5 Å². The molecule has 0 unspecified atom stereocenters. The third kappa shape index (κ3) is 5.01. The van der Waals surface area contributed by atoms with Gasteiger partial charge in [-0.25, -0.2) is 4.79 Å². The first-order valence-electron chi connectivity index (χ1n) is 8.86. The topological polar surface area (TPSA) is 61.8 Å². The van der Waals surface area contributed by atoms with Crippen LogP contribution in [0.3, 0.4) is 0 Å². The van der Waals surface area contributed by atoms with Crippen LogP contribution in [0.5, 0.6) is 11.5 Å². The van der Waals surface area contributed by atoms with Gasteiger partial charge in [0.15, 0.2) is 23.4 Å². The number of methoxy groups -OCH3 is 1. The minimum absolute atomic E-state index is 0.00974. The Bertz CT molecular complexity index is 816. The number of Topliss-reactive ketones (excluding diaryl/α,β-unsaturated/α-hetero) is 1. The van der Waals surface area contributed by atoms with Crippen molar-refractivity contribution in [2.24, 2.45) is 0 Å². The summed E-state index contributed by atoms with van der Waals surface area (Å²) in [5.41, 5.74) is 1.28. The van der Waals surface area contributed by atoms with Gasteiger partial charge in [0.25, 0.3) is 0 Å². The number of ketones is 1. The molecule has 0 N–H and O–H groups in total. The first-order chi connectivity index (χ1) is 13.1. The lowest BCUT2D eigenvalue weighted by Crippen LogP contribution is -2.30. The average Bonchev–Trinajstić information content (AvgIpc) is 2.69. The minimum atomic E-state index is -0.641. The molecular weight excluding hydrogens is 368 g/mol. The number of rotatable bonds is 6. The Morgan fingerprint density at radius 2 is 1.89 bits per heavy atom. The Balaban J connectivity index is 1.66. The molecule has 0 bridgehead atoms. The first kappa shape index (κ1) is 19.2. The molecule has 0 heterocycles. The monoisotopic (exact) mass is 388 g/mol. The van der Waals surface area contributed by atoms with E-state index in [4.69, 9.17) is 25.8 Å². The van der Waals surface area contributed by atoms with Crippen LogP contribution in [0.4, 0.5) is 0 Å². The lowest BCUT2D eigenvalue weighted by molar-refractivity contribution is -0.129. The van der Waals surface area contributed by atoms with Crippen molar-refractivity contribution in [1.82, 2.24) is 0 Å². The van der Waals surface area contributed by atoms with E-state index in [0.29, 0.717) is 41.5 Å². The van der Waals surface area contributed by atoms with Crippen LogP contribution in [0.1, 0.15) is 41.6 Å². The lowest BCUT2D eigenvalue weighted by atomic mass is 9.96. The van der Waals surface area contributed by atoms with E-state index in [-0.39, 0.29) is 5.78 Å². The van der Waals surface area contributed by atoms with Crippen LogP contribution in [-0.4, -0.2) is 25.0 Å². The smallest absolute Gasteiger partial charge is 0.338 e. The Morgan fingerprint density at radius 3 is 2.59 bits per heavy atom. The van der Waals surface area contributed by atoms with Gasteiger partial charge >= 0.3 is 5.97 Å². The Labute approximate surface area is 163 Å². The quantitative estimate of drug-likeness (QED) is 0.677. The summed E-state index contributed by atoms with van der Waals surface area (Å²) in [6.07, 6.45) is 2.17. The van der Waals surface area contributed by atoms with E-state index in [1.165, 1.54) is 7.11 Å². The van der Waals surface area contributed by atoms with Gasteiger partial charge < -0.3 is 14.2 Å². The van der Waals surface area contributed by atoms with Gasteiger partial charge in [0.05, 0.1) is 12.7 Å². The summed E-state index contributed by atoms with van der Waals surface area (Å²) >= 11 is 5.88. The fraction of sp³-hybridized carbons (Fsp3) is 0.333. The second-order valence-corrected chi connectivity index (χ2v) is 6.82. The van der Waals surface area contributed by atoms with Crippen LogP contribution in [-0.2, 0) is 16.1 Å². The highest BCUT2D eigenvalue weighted by atomic mass is 35.5. The zero-order valence-corrected chi connectivity index (χ0v) is 15.8. The van der Waals surface area contributed by atoms with Crippen molar-refractivity contribution in [2.75, 3.05) is 7.11 Å². The SMILES string of the molecule is COc1cc(C(=O)O[C@H]2CCCCC2=O)ccc1OCc1ccc(Cl)cc1. The van der Waals surface area contributed by atoms with E-state index >= 15 is 0 Å². The molecule has 27 heavy (non-hydrogen) atoms. The highest BCUT2D eigenvalue weighted by Gasteiger charge is 2.26. The van der Waals surface area contributed by atoms with Crippen molar-refractivity contribution < 1.29 is 23.8 Å². The molecule has 1 saturated carbocycles. The van der Waals surface area contributed by atoms with E-state index in [1.54, 1.807) is 30.3 Å². The number of ether oxygens (including phenoxy) is 3. The van der Waals surface area contributed by atoms with Crippen LogP contribution >= 0.6 is 11.6 Å². The van der Waals surface area contributed by atoms with E-state index in [2.05, 4.69) is 0 Å². The predicted octanol–water partition coefficient (Wildman–Crippen LogP) is 4.60. The van der Waals surface area contributed by atoms with E-state index in [0.717, 1.165) is 18.4 Å². The molecule has 2 aromatic carbocycles. The molecule has 0 aliphatic heterocycles. The number of carbonyl (C=O) groups is 2. The molecule has 1 aliphatic carbocycles. The zero-order valence-electron chi connectivity index (χ0n) is 15.1. The summed E-state index contributed by atoms with van der Waals surface area (Å²) in [6.45, 7) is 0.341. The highest BCUT2D eigenvalue weighted by Crippen LogP contribution is 2.30. The van der Waals surface area contributed by atoms with Gasteiger partial charge in [-0.1, -0.05) is 23.7 Å². The summed E-state index contributed by atoms with van der Waals surface area (Å²) in [4.78, 5) is 24.2. The first-order valence-corrected chi connectivity index (χ1v) is 9.23. The molecule has 142 valence electrons. The van der Waals surface area contributed by atoms with Gasteiger partial charge in [-0.2, -0.15) is 0 Å². The molecule has 0 spiro atoms. The van der Waals surface area contributed by atoms with E-state index in [1.807, 2.05) is 12.1 Å². The number of carbonyl (C=O) groups excluding carboxylic acids is 2. The molecule has 1 atom stereocenters. The second kappa shape index (κ2) is 8.91. The number of esters is 1. The third-order valence-electron chi connectivity index (χ3n) is 4.45. The van der Waals surface area contributed by atoms with Crippen LogP contribution in [0.25, 0.3) is 0 Å². The van der Waals surface area contributed by atoms with Crippen LogP contribution in [0, 0.1) is 0 Å². The molecule has 0 aromatic heterocycles. The molecule has 0 radical (unpaired) electrons.